The summed E-state index contributed by atoms with van der Waals surface area (Å²) in [6.45, 7) is 3.46. The van der Waals surface area contributed by atoms with Crippen molar-refractivity contribution >= 4 is 49.8 Å². The Morgan fingerprint density at radius 1 is 0.952 bits per heavy atom. The van der Waals surface area contributed by atoms with Crippen molar-refractivity contribution in [1.82, 2.24) is 15.2 Å². The minimum absolute atomic E-state index is 0.0183. The van der Waals surface area contributed by atoms with E-state index >= 15 is 0 Å². The van der Waals surface area contributed by atoms with Crippen molar-refractivity contribution in [2.24, 2.45) is 0 Å². The van der Waals surface area contributed by atoms with E-state index in [4.69, 9.17) is 4.98 Å². The summed E-state index contributed by atoms with van der Waals surface area (Å²) in [5, 5.41) is 21.2. The van der Waals surface area contributed by atoms with E-state index in [0.29, 0.717) is 27.0 Å². The molecule has 42 heavy (non-hydrogen) atoms. The Morgan fingerprint density at radius 3 is 2.19 bits per heavy atom. The summed E-state index contributed by atoms with van der Waals surface area (Å²) < 4.78 is 27.8. The Morgan fingerprint density at radius 2 is 1.60 bits per heavy atom. The quantitative estimate of drug-likeness (QED) is 0.183. The van der Waals surface area contributed by atoms with Crippen LogP contribution in [-0.2, 0) is 14.8 Å². The number of nitriles is 1. The number of amides is 1. The van der Waals surface area contributed by atoms with Gasteiger partial charge in [-0.15, -0.1) is 10.2 Å². The van der Waals surface area contributed by atoms with E-state index in [1.165, 1.54) is 36.0 Å². The molecule has 1 unspecified atom stereocenters. The molecule has 1 amide bonds. The molecule has 2 heterocycles. The number of carbonyl (C=O) groups excluding carboxylic acids is 1. The second kappa shape index (κ2) is 12.5. The summed E-state index contributed by atoms with van der Waals surface area (Å²) in [7, 11) is -3.86. The lowest BCUT2D eigenvalue weighted by molar-refractivity contribution is -0.115. The van der Waals surface area contributed by atoms with Gasteiger partial charge >= 0.3 is 0 Å². The first kappa shape index (κ1) is 28.9. The number of thioether (sulfide) groups is 1. The van der Waals surface area contributed by atoms with Crippen LogP contribution in [0.5, 0.6) is 0 Å². The normalized spacial score (nSPS) is 11.8. The number of nitrogens with one attached hydrogen (secondary N) is 2. The number of aromatic nitrogens is 3. The molecule has 0 aliphatic rings. The highest BCUT2D eigenvalue weighted by Gasteiger charge is 2.22. The number of anilines is 2. The van der Waals surface area contributed by atoms with Crippen molar-refractivity contribution in [3.05, 3.63) is 102 Å². The number of aryl methyl sites for hydroxylation is 1. The van der Waals surface area contributed by atoms with Gasteiger partial charge in [0.2, 0.25) is 11.0 Å². The summed E-state index contributed by atoms with van der Waals surface area (Å²) in [4.78, 5) is 18.0. The van der Waals surface area contributed by atoms with E-state index in [1.807, 2.05) is 66.7 Å². The SMILES string of the molecule is Cc1nnc(NS(=O)(=O)c2ccc(NC(=O)C(C)Sc3nc(-c4ccccc4)cc(-c4ccccc4)c3C#N)cc2)s1. The number of pyridine rings is 1. The summed E-state index contributed by atoms with van der Waals surface area (Å²) in [5.74, 6) is -0.324. The van der Waals surface area contributed by atoms with Crippen LogP contribution in [0.25, 0.3) is 22.4 Å². The van der Waals surface area contributed by atoms with E-state index in [0.717, 1.165) is 28.0 Å². The summed E-state index contributed by atoms with van der Waals surface area (Å²) in [6, 6.07) is 29.3. The maximum Gasteiger partial charge on any atom is 0.263 e. The third-order valence-corrected chi connectivity index (χ3v) is 9.41. The minimum Gasteiger partial charge on any atom is -0.325 e. The van der Waals surface area contributed by atoms with E-state index in [-0.39, 0.29) is 15.9 Å². The average Bonchev–Trinajstić information content (AvgIpc) is 3.41. The minimum atomic E-state index is -3.86. The number of carbonyl (C=O) groups is 1. The zero-order valence-electron chi connectivity index (χ0n) is 22.5. The van der Waals surface area contributed by atoms with Crippen molar-refractivity contribution < 1.29 is 13.2 Å². The van der Waals surface area contributed by atoms with E-state index in [9.17, 15) is 18.5 Å². The van der Waals surface area contributed by atoms with E-state index in [2.05, 4.69) is 26.3 Å². The fourth-order valence-electron chi connectivity index (χ4n) is 4.01. The molecule has 0 radical (unpaired) electrons. The molecule has 0 saturated heterocycles. The van der Waals surface area contributed by atoms with Crippen molar-refractivity contribution in [2.75, 3.05) is 10.0 Å². The lowest BCUT2D eigenvalue weighted by atomic mass is 9.99. The molecule has 5 rings (SSSR count). The molecular weight excluding hydrogens is 589 g/mol. The molecule has 0 aliphatic carbocycles. The zero-order chi connectivity index (χ0) is 29.7. The molecule has 9 nitrogen and oxygen atoms in total. The van der Waals surface area contributed by atoms with Gasteiger partial charge in [-0.05, 0) is 49.7 Å². The van der Waals surface area contributed by atoms with Gasteiger partial charge in [0.1, 0.15) is 16.1 Å². The lowest BCUT2D eigenvalue weighted by Gasteiger charge is -2.16. The second-order valence-electron chi connectivity index (χ2n) is 9.08. The summed E-state index contributed by atoms with van der Waals surface area (Å²) >= 11 is 2.32. The van der Waals surface area contributed by atoms with Crippen molar-refractivity contribution in [2.45, 2.75) is 29.0 Å². The van der Waals surface area contributed by atoms with Crippen molar-refractivity contribution in [3.63, 3.8) is 0 Å². The van der Waals surface area contributed by atoms with Crippen LogP contribution in [0.4, 0.5) is 10.8 Å². The fourth-order valence-corrected chi connectivity index (χ4v) is 6.76. The Labute approximate surface area is 251 Å². The van der Waals surface area contributed by atoms with Crippen LogP contribution in [0.1, 0.15) is 17.5 Å². The van der Waals surface area contributed by atoms with Crippen LogP contribution in [0, 0.1) is 18.3 Å². The summed E-state index contributed by atoms with van der Waals surface area (Å²) in [6.07, 6.45) is 0. The standard InChI is InChI=1S/C30H24N6O3S3/c1-19(28(37)32-23-13-15-24(16-14-23)42(38,39)36-30-35-34-20(2)41-30)40-29-26(18-31)25(21-9-5-3-6-10-21)17-27(33-29)22-11-7-4-8-12-22/h3-17,19H,1-2H3,(H,32,37)(H,35,36). The monoisotopic (exact) mass is 612 g/mol. The first-order valence-corrected chi connectivity index (χ1v) is 15.9. The van der Waals surface area contributed by atoms with Crippen LogP contribution in [0.15, 0.2) is 101 Å². The molecule has 5 aromatic rings. The Hall–Kier alpha value is -4.57. The molecule has 1 atom stereocenters. The number of nitrogens with zero attached hydrogens (tertiary/aromatic N) is 4. The highest BCUT2D eigenvalue weighted by molar-refractivity contribution is 8.00. The fraction of sp³-hybridized carbons (Fsp3) is 0.100. The average molecular weight is 613 g/mol. The van der Waals surface area contributed by atoms with Crippen LogP contribution >= 0.6 is 23.1 Å². The van der Waals surface area contributed by atoms with Crippen molar-refractivity contribution in [1.29, 1.82) is 5.26 Å². The third kappa shape index (κ3) is 6.66. The molecule has 0 aliphatic heterocycles. The van der Waals surface area contributed by atoms with E-state index < -0.39 is 15.3 Å². The summed E-state index contributed by atoms with van der Waals surface area (Å²) in [5.41, 5.74) is 4.00. The van der Waals surface area contributed by atoms with Crippen LogP contribution < -0.4 is 10.0 Å². The first-order chi connectivity index (χ1) is 20.2. The maximum atomic E-state index is 13.2. The topological polar surface area (TPSA) is 138 Å². The van der Waals surface area contributed by atoms with Gasteiger partial charge in [0.15, 0.2) is 0 Å². The Kier molecular flexibility index (Phi) is 8.63. The maximum absolute atomic E-state index is 13.2. The highest BCUT2D eigenvalue weighted by Crippen LogP contribution is 2.36. The number of sulfonamides is 1. The molecular formula is C30H24N6O3S3. The first-order valence-electron chi connectivity index (χ1n) is 12.7. The van der Waals surface area contributed by atoms with Gasteiger partial charge in [-0.1, -0.05) is 83.8 Å². The molecule has 0 saturated carbocycles. The number of hydrogen-bond donors (Lipinski definition) is 2. The molecule has 3 aromatic carbocycles. The van der Waals surface area contributed by atoms with E-state index in [1.54, 1.807) is 13.8 Å². The molecule has 2 N–H and O–H groups in total. The third-order valence-electron chi connectivity index (χ3n) is 6.09. The number of hydrogen-bond acceptors (Lipinski definition) is 9. The molecule has 12 heteroatoms. The molecule has 0 bridgehead atoms. The molecule has 210 valence electrons. The van der Waals surface area contributed by atoms with Gasteiger partial charge in [0.25, 0.3) is 10.0 Å². The van der Waals surface area contributed by atoms with Gasteiger partial charge in [0.05, 0.1) is 21.4 Å². The van der Waals surface area contributed by atoms with Gasteiger partial charge in [-0.2, -0.15) is 5.26 Å². The second-order valence-corrected chi connectivity index (χ2v) is 13.3. The Bertz CT molecular complexity index is 1870. The lowest BCUT2D eigenvalue weighted by Crippen LogP contribution is -2.22. The molecule has 2 aromatic heterocycles. The smallest absolute Gasteiger partial charge is 0.263 e. The predicted molar refractivity (Wildman–Crippen MR) is 166 cm³/mol. The Balaban J connectivity index is 1.36. The number of rotatable bonds is 9. The zero-order valence-corrected chi connectivity index (χ0v) is 24.9. The molecule has 0 spiro atoms. The van der Waals surface area contributed by atoms with Gasteiger partial charge in [-0.3, -0.25) is 9.52 Å². The van der Waals surface area contributed by atoms with Gasteiger partial charge in [0, 0.05) is 16.8 Å². The van der Waals surface area contributed by atoms with Crippen LogP contribution in [-0.4, -0.2) is 34.8 Å². The van der Waals surface area contributed by atoms with Gasteiger partial charge < -0.3 is 5.32 Å². The molecule has 0 fully saturated rings. The highest BCUT2D eigenvalue weighted by atomic mass is 32.2. The number of benzene rings is 3. The predicted octanol–water partition coefficient (Wildman–Crippen LogP) is 6.37. The van der Waals surface area contributed by atoms with Crippen molar-refractivity contribution in [3.8, 4) is 28.5 Å². The van der Waals surface area contributed by atoms with Gasteiger partial charge in [-0.25, -0.2) is 13.4 Å². The van der Waals surface area contributed by atoms with Crippen LogP contribution in [0.2, 0.25) is 0 Å². The largest absolute Gasteiger partial charge is 0.325 e. The van der Waals surface area contributed by atoms with Crippen LogP contribution in [0.3, 0.4) is 0 Å².